The summed E-state index contributed by atoms with van der Waals surface area (Å²) < 4.78 is 14.4. The third kappa shape index (κ3) is 4.86. The molecular weight excluding hydrogens is 673 g/mol. The molecule has 0 saturated heterocycles. The van der Waals surface area contributed by atoms with E-state index < -0.39 is 0 Å². The molecule has 7 heteroatoms. The smallest absolute Gasteiger partial charge is 0.164 e. The molecular formula is C46H26N4O2S. The van der Waals surface area contributed by atoms with Crippen LogP contribution in [-0.4, -0.2) is 19.9 Å². The Labute approximate surface area is 306 Å². The Bertz CT molecular complexity index is 3110. The van der Waals surface area contributed by atoms with Crippen molar-refractivity contribution in [2.75, 3.05) is 0 Å². The van der Waals surface area contributed by atoms with Gasteiger partial charge in [-0.1, -0.05) is 121 Å². The fraction of sp³-hybridized carbons (Fsp3) is 0. The number of hydrogen-bond donors (Lipinski definition) is 0. The van der Waals surface area contributed by atoms with E-state index in [9.17, 15) is 0 Å². The zero-order valence-electron chi connectivity index (χ0n) is 28.0. The first-order valence-electron chi connectivity index (χ1n) is 17.4. The number of benzene rings is 7. The minimum absolute atomic E-state index is 0.577. The molecule has 0 radical (unpaired) electrons. The second-order valence-corrected chi connectivity index (χ2v) is 14.0. The molecule has 11 aromatic rings. The average molecular weight is 699 g/mol. The van der Waals surface area contributed by atoms with Gasteiger partial charge in [0.1, 0.15) is 27.3 Å². The fourth-order valence-corrected chi connectivity index (χ4v) is 8.31. The zero-order chi connectivity index (χ0) is 34.9. The summed E-state index contributed by atoms with van der Waals surface area (Å²) in [6.07, 6.45) is 0. The maximum Gasteiger partial charge on any atom is 0.164 e. The van der Waals surface area contributed by atoms with Crippen molar-refractivity contribution in [2.24, 2.45) is 0 Å². The Balaban J connectivity index is 1.15. The lowest BCUT2D eigenvalue weighted by molar-refractivity contribution is 0.669. The topological polar surface area (TPSA) is 77.8 Å². The van der Waals surface area contributed by atoms with Gasteiger partial charge in [0.15, 0.2) is 17.5 Å². The SMILES string of the molecule is c1ccc(-c2nc(-c3ccccc3)nc(-c3ccc(-c4cccc5oc6cc7sc(-c8ccccc8)nc7cc6c45)c4oc5ccccc5c34)n2)cc1. The molecule has 0 aliphatic carbocycles. The lowest BCUT2D eigenvalue weighted by Gasteiger charge is -2.11. The number of rotatable bonds is 5. The molecule has 0 aliphatic rings. The Morgan fingerprint density at radius 2 is 1.02 bits per heavy atom. The van der Waals surface area contributed by atoms with Gasteiger partial charge in [0.2, 0.25) is 0 Å². The van der Waals surface area contributed by atoms with Gasteiger partial charge in [0, 0.05) is 55.4 Å². The first kappa shape index (κ1) is 29.7. The third-order valence-corrected chi connectivity index (χ3v) is 10.8. The Kier molecular flexibility index (Phi) is 6.62. The Morgan fingerprint density at radius 3 is 1.75 bits per heavy atom. The summed E-state index contributed by atoms with van der Waals surface area (Å²) in [5.41, 5.74) is 9.91. The summed E-state index contributed by atoms with van der Waals surface area (Å²) in [6.45, 7) is 0. The fourth-order valence-electron chi connectivity index (χ4n) is 7.33. The van der Waals surface area contributed by atoms with Gasteiger partial charge in [-0.05, 0) is 35.9 Å². The van der Waals surface area contributed by atoms with Crippen molar-refractivity contribution in [3.8, 4) is 55.9 Å². The lowest BCUT2D eigenvalue weighted by Crippen LogP contribution is -2.00. The molecule has 0 aliphatic heterocycles. The van der Waals surface area contributed by atoms with Gasteiger partial charge in [-0.25, -0.2) is 19.9 Å². The summed E-state index contributed by atoms with van der Waals surface area (Å²) in [4.78, 5) is 20.2. The quantitative estimate of drug-likeness (QED) is 0.178. The van der Waals surface area contributed by atoms with E-state index in [2.05, 4.69) is 48.5 Å². The standard InChI is InChI=1S/C46H26N4O2S/c1-4-13-27(14-5-1)43-48-44(28-15-6-2-7-16-28)50-45(49-43)33-24-23-31(42-41(33)32-19-10-11-21-36(32)52-42)30-20-12-22-37-40(30)34-25-35-39(26-38(34)51-37)53-46(47-35)29-17-8-3-9-18-29/h1-26H. The van der Waals surface area contributed by atoms with E-state index >= 15 is 0 Å². The molecule has 0 amide bonds. The number of fused-ring (bicyclic) bond motifs is 7. The summed E-state index contributed by atoms with van der Waals surface area (Å²) in [5.74, 6) is 1.80. The molecule has 0 spiro atoms. The van der Waals surface area contributed by atoms with Crippen LogP contribution in [0.2, 0.25) is 0 Å². The molecule has 4 aromatic heterocycles. The largest absolute Gasteiger partial charge is 0.456 e. The number of thiazole rings is 1. The molecule has 11 rings (SSSR count). The van der Waals surface area contributed by atoms with Crippen molar-refractivity contribution in [2.45, 2.75) is 0 Å². The van der Waals surface area contributed by atoms with Gasteiger partial charge in [0.05, 0.1) is 10.2 Å². The molecule has 0 atom stereocenters. The molecule has 0 fully saturated rings. The van der Waals surface area contributed by atoms with Gasteiger partial charge in [-0.2, -0.15) is 0 Å². The third-order valence-electron chi connectivity index (χ3n) is 9.78. The molecule has 6 nitrogen and oxygen atoms in total. The van der Waals surface area contributed by atoms with E-state index in [0.717, 1.165) is 92.5 Å². The second kappa shape index (κ2) is 11.8. The van der Waals surface area contributed by atoms with Crippen molar-refractivity contribution in [1.29, 1.82) is 0 Å². The van der Waals surface area contributed by atoms with E-state index in [1.54, 1.807) is 11.3 Å². The predicted molar refractivity (Wildman–Crippen MR) is 215 cm³/mol. The van der Waals surface area contributed by atoms with Gasteiger partial charge in [-0.15, -0.1) is 11.3 Å². The summed E-state index contributed by atoms with van der Waals surface area (Å²) >= 11 is 1.68. The van der Waals surface area contributed by atoms with Crippen molar-refractivity contribution in [3.63, 3.8) is 0 Å². The number of aromatic nitrogens is 4. The highest BCUT2D eigenvalue weighted by Gasteiger charge is 2.23. The minimum Gasteiger partial charge on any atom is -0.456 e. The zero-order valence-corrected chi connectivity index (χ0v) is 28.8. The highest BCUT2D eigenvalue weighted by molar-refractivity contribution is 7.21. The van der Waals surface area contributed by atoms with E-state index in [4.69, 9.17) is 28.8 Å². The molecule has 248 valence electrons. The van der Waals surface area contributed by atoms with Crippen LogP contribution >= 0.6 is 11.3 Å². The van der Waals surface area contributed by atoms with Crippen LogP contribution in [0, 0.1) is 0 Å². The van der Waals surface area contributed by atoms with Crippen LogP contribution in [0.25, 0.3) is 110 Å². The van der Waals surface area contributed by atoms with Crippen molar-refractivity contribution < 1.29 is 8.83 Å². The normalized spacial score (nSPS) is 11.8. The first-order chi connectivity index (χ1) is 26.2. The number of furan rings is 2. The van der Waals surface area contributed by atoms with Crippen LogP contribution in [0.1, 0.15) is 0 Å². The number of nitrogens with zero attached hydrogens (tertiary/aromatic N) is 4. The Morgan fingerprint density at radius 1 is 0.396 bits per heavy atom. The van der Waals surface area contributed by atoms with Gasteiger partial charge in [0.25, 0.3) is 0 Å². The number of hydrogen-bond acceptors (Lipinski definition) is 7. The minimum atomic E-state index is 0.577. The van der Waals surface area contributed by atoms with Crippen LogP contribution < -0.4 is 0 Å². The van der Waals surface area contributed by atoms with Crippen LogP contribution in [0.5, 0.6) is 0 Å². The maximum absolute atomic E-state index is 6.78. The van der Waals surface area contributed by atoms with Crippen molar-refractivity contribution in [1.82, 2.24) is 19.9 Å². The molecule has 53 heavy (non-hydrogen) atoms. The van der Waals surface area contributed by atoms with E-state index in [0.29, 0.717) is 17.5 Å². The molecule has 0 saturated carbocycles. The van der Waals surface area contributed by atoms with E-state index in [1.165, 1.54) is 0 Å². The van der Waals surface area contributed by atoms with Gasteiger partial charge in [-0.3, -0.25) is 0 Å². The molecule has 7 aromatic carbocycles. The molecule has 0 N–H and O–H groups in total. The van der Waals surface area contributed by atoms with Crippen LogP contribution in [0.15, 0.2) is 167 Å². The van der Waals surface area contributed by atoms with Crippen LogP contribution in [0.3, 0.4) is 0 Å². The number of para-hydroxylation sites is 1. The first-order valence-corrected chi connectivity index (χ1v) is 18.2. The summed E-state index contributed by atoms with van der Waals surface area (Å²) in [6, 6.07) is 53.3. The van der Waals surface area contributed by atoms with Crippen LogP contribution in [-0.2, 0) is 0 Å². The maximum atomic E-state index is 6.78. The van der Waals surface area contributed by atoms with Crippen LogP contribution in [0.4, 0.5) is 0 Å². The monoisotopic (exact) mass is 698 g/mol. The van der Waals surface area contributed by atoms with Crippen molar-refractivity contribution >= 4 is 65.4 Å². The van der Waals surface area contributed by atoms with E-state index in [-0.39, 0.29) is 0 Å². The van der Waals surface area contributed by atoms with Gasteiger partial charge < -0.3 is 8.83 Å². The Hall–Kier alpha value is -6.96. The molecule has 0 bridgehead atoms. The van der Waals surface area contributed by atoms with Gasteiger partial charge >= 0.3 is 0 Å². The second-order valence-electron chi connectivity index (χ2n) is 13.0. The predicted octanol–water partition coefficient (Wildman–Crippen LogP) is 12.6. The van der Waals surface area contributed by atoms with E-state index in [1.807, 2.05) is 109 Å². The summed E-state index contributed by atoms with van der Waals surface area (Å²) in [5, 5.41) is 4.96. The average Bonchev–Trinajstić information content (AvgIpc) is 3.93. The molecule has 0 unspecified atom stereocenters. The van der Waals surface area contributed by atoms with Crippen molar-refractivity contribution in [3.05, 3.63) is 158 Å². The summed E-state index contributed by atoms with van der Waals surface area (Å²) in [7, 11) is 0. The lowest BCUT2D eigenvalue weighted by atomic mass is 9.95. The highest BCUT2D eigenvalue weighted by Crippen LogP contribution is 2.45. The molecule has 4 heterocycles. The highest BCUT2D eigenvalue weighted by atomic mass is 32.1.